The van der Waals surface area contributed by atoms with Crippen LogP contribution in [0.1, 0.15) is 44.3 Å². The molecule has 2 aliphatic heterocycles. The summed E-state index contributed by atoms with van der Waals surface area (Å²) in [6, 6.07) is 1.79. The van der Waals surface area contributed by atoms with Crippen LogP contribution in [-0.4, -0.2) is 31.1 Å². The third-order valence-electron chi connectivity index (χ3n) is 7.44. The molecule has 0 amide bonds. The Morgan fingerprint density at radius 3 is 2.79 bits per heavy atom. The highest BCUT2D eigenvalue weighted by Crippen LogP contribution is 2.69. The van der Waals surface area contributed by atoms with Crippen molar-refractivity contribution >= 4 is 17.9 Å². The first-order valence-corrected chi connectivity index (χ1v) is 9.68. The quantitative estimate of drug-likeness (QED) is 0.570. The molecule has 5 rings (SSSR count). The number of rotatable bonds is 2. The minimum atomic E-state index is -1.13. The first-order chi connectivity index (χ1) is 13.4. The summed E-state index contributed by atoms with van der Waals surface area (Å²) in [5, 5.41) is 0. The van der Waals surface area contributed by atoms with Gasteiger partial charge in [0.25, 0.3) is 0 Å². The Hall–Kier alpha value is -2.57. The number of ether oxygens (including phenoxy) is 3. The average molecular weight is 386 g/mol. The SMILES string of the molecule is COC(=O)C1=CCC2OC(=O)C13CCC(C)C1(CC(c4ccoc4)OC1=O)C23. The number of carbonyl (C=O) groups excluding carboxylic acids is 3. The zero-order chi connectivity index (χ0) is 19.7. The summed E-state index contributed by atoms with van der Waals surface area (Å²) in [4.78, 5) is 38.9. The molecule has 3 heterocycles. The van der Waals surface area contributed by atoms with Gasteiger partial charge in [-0.05, 0) is 24.8 Å². The second-order valence-electron chi connectivity index (χ2n) is 8.37. The van der Waals surface area contributed by atoms with Crippen molar-refractivity contribution in [1.29, 1.82) is 0 Å². The summed E-state index contributed by atoms with van der Waals surface area (Å²) in [6.45, 7) is 2.03. The number of esters is 3. The van der Waals surface area contributed by atoms with Crippen LogP contribution in [0.3, 0.4) is 0 Å². The Balaban J connectivity index is 1.64. The minimum Gasteiger partial charge on any atom is -0.472 e. The highest BCUT2D eigenvalue weighted by molar-refractivity contribution is 6.01. The molecule has 1 spiro atoms. The lowest BCUT2D eigenvalue weighted by molar-refractivity contribution is -0.163. The lowest BCUT2D eigenvalue weighted by Crippen LogP contribution is -2.58. The number of hydrogen-bond acceptors (Lipinski definition) is 7. The summed E-state index contributed by atoms with van der Waals surface area (Å²) in [5.74, 6) is -1.68. The molecule has 1 aromatic rings. The normalized spacial score (nSPS) is 41.3. The van der Waals surface area contributed by atoms with Gasteiger partial charge >= 0.3 is 17.9 Å². The van der Waals surface area contributed by atoms with E-state index >= 15 is 0 Å². The molecule has 6 atom stereocenters. The number of carbonyl (C=O) groups is 3. The molecule has 0 N–H and O–H groups in total. The van der Waals surface area contributed by atoms with Crippen LogP contribution in [0.25, 0.3) is 0 Å². The smallest absolute Gasteiger partial charge is 0.334 e. The molecule has 2 saturated heterocycles. The van der Waals surface area contributed by atoms with Crippen molar-refractivity contribution in [3.63, 3.8) is 0 Å². The highest BCUT2D eigenvalue weighted by atomic mass is 16.6. The number of methoxy groups -OCH3 is 1. The van der Waals surface area contributed by atoms with Gasteiger partial charge in [0.05, 0.1) is 30.6 Å². The Labute approximate surface area is 162 Å². The van der Waals surface area contributed by atoms with Crippen LogP contribution in [-0.2, 0) is 28.6 Å². The van der Waals surface area contributed by atoms with E-state index in [0.717, 1.165) is 5.56 Å². The topological polar surface area (TPSA) is 92.0 Å². The number of furan rings is 1. The van der Waals surface area contributed by atoms with Crippen LogP contribution in [0.15, 0.2) is 34.7 Å². The number of cyclic esters (lactones) is 1. The van der Waals surface area contributed by atoms with Crippen LogP contribution in [0.4, 0.5) is 0 Å². The summed E-state index contributed by atoms with van der Waals surface area (Å²) in [7, 11) is 1.31. The molecule has 6 unspecified atom stereocenters. The minimum absolute atomic E-state index is 0.00372. The maximum absolute atomic E-state index is 13.3. The van der Waals surface area contributed by atoms with Gasteiger partial charge in [0.15, 0.2) is 0 Å². The van der Waals surface area contributed by atoms with Crippen LogP contribution >= 0.6 is 0 Å². The van der Waals surface area contributed by atoms with Gasteiger partial charge in [-0.25, -0.2) is 4.79 Å². The van der Waals surface area contributed by atoms with Crippen molar-refractivity contribution in [3.05, 3.63) is 35.8 Å². The molecule has 7 nitrogen and oxygen atoms in total. The van der Waals surface area contributed by atoms with E-state index in [4.69, 9.17) is 18.6 Å². The predicted octanol–water partition coefficient (Wildman–Crippen LogP) is 2.72. The van der Waals surface area contributed by atoms with E-state index in [1.807, 2.05) is 6.92 Å². The van der Waals surface area contributed by atoms with Gasteiger partial charge < -0.3 is 18.6 Å². The van der Waals surface area contributed by atoms with E-state index < -0.39 is 40.9 Å². The van der Waals surface area contributed by atoms with E-state index in [1.165, 1.54) is 7.11 Å². The third kappa shape index (κ3) is 1.92. The summed E-state index contributed by atoms with van der Waals surface area (Å²) < 4.78 is 21.7. The van der Waals surface area contributed by atoms with E-state index in [1.54, 1.807) is 24.7 Å². The van der Waals surface area contributed by atoms with E-state index in [0.29, 0.717) is 31.3 Å². The average Bonchev–Trinajstić information content (AvgIpc) is 3.37. The van der Waals surface area contributed by atoms with Crippen LogP contribution < -0.4 is 0 Å². The van der Waals surface area contributed by atoms with Crippen LogP contribution in [0, 0.1) is 22.7 Å². The maximum Gasteiger partial charge on any atom is 0.334 e. The van der Waals surface area contributed by atoms with Crippen molar-refractivity contribution in [3.8, 4) is 0 Å². The van der Waals surface area contributed by atoms with Gasteiger partial charge in [0, 0.05) is 24.3 Å². The van der Waals surface area contributed by atoms with Crippen molar-refractivity contribution < 1.29 is 33.0 Å². The Bertz CT molecular complexity index is 885. The molecule has 3 fully saturated rings. The number of hydrogen-bond donors (Lipinski definition) is 0. The molecule has 148 valence electrons. The monoisotopic (exact) mass is 386 g/mol. The van der Waals surface area contributed by atoms with Crippen molar-refractivity contribution in [2.45, 2.75) is 44.8 Å². The maximum atomic E-state index is 13.3. The van der Waals surface area contributed by atoms with Crippen LogP contribution in [0.5, 0.6) is 0 Å². The Kier molecular flexibility index (Phi) is 3.58. The fraction of sp³-hybridized carbons (Fsp3) is 0.571. The molecule has 2 aliphatic carbocycles. The zero-order valence-corrected chi connectivity index (χ0v) is 15.8. The lowest BCUT2D eigenvalue weighted by atomic mass is 9.46. The lowest BCUT2D eigenvalue weighted by Gasteiger charge is -2.51. The van der Waals surface area contributed by atoms with Gasteiger partial charge in [0.2, 0.25) is 0 Å². The first-order valence-electron chi connectivity index (χ1n) is 9.68. The Morgan fingerprint density at radius 2 is 2.07 bits per heavy atom. The van der Waals surface area contributed by atoms with E-state index in [9.17, 15) is 14.4 Å². The molecule has 7 heteroatoms. The molecule has 1 saturated carbocycles. The zero-order valence-electron chi connectivity index (χ0n) is 15.8. The van der Waals surface area contributed by atoms with Crippen molar-refractivity contribution in [2.75, 3.05) is 7.11 Å². The van der Waals surface area contributed by atoms with Gasteiger partial charge in [-0.2, -0.15) is 0 Å². The van der Waals surface area contributed by atoms with Gasteiger partial charge in [-0.3, -0.25) is 9.59 Å². The highest BCUT2D eigenvalue weighted by Gasteiger charge is 2.75. The molecular formula is C21H22O7. The standard InChI is InChI=1S/C21H22O7/c1-11-5-7-20-13(17(22)25-2)3-4-14(27-18(20)23)16(20)21(11)9-15(28-19(21)24)12-6-8-26-10-12/h3,6,8,10-11,14-16H,4-5,7,9H2,1-2H3. The summed E-state index contributed by atoms with van der Waals surface area (Å²) in [5.41, 5.74) is -0.877. The molecule has 1 aromatic heterocycles. The fourth-order valence-corrected chi connectivity index (χ4v) is 6.15. The van der Waals surface area contributed by atoms with Crippen molar-refractivity contribution in [1.82, 2.24) is 0 Å². The molecule has 2 bridgehead atoms. The predicted molar refractivity (Wildman–Crippen MR) is 93.5 cm³/mol. The Morgan fingerprint density at radius 1 is 1.25 bits per heavy atom. The van der Waals surface area contributed by atoms with E-state index in [2.05, 4.69) is 0 Å². The summed E-state index contributed by atoms with van der Waals surface area (Å²) >= 11 is 0. The van der Waals surface area contributed by atoms with Crippen molar-refractivity contribution in [2.24, 2.45) is 22.7 Å². The van der Waals surface area contributed by atoms with Gasteiger partial charge in [-0.15, -0.1) is 0 Å². The second-order valence-corrected chi connectivity index (χ2v) is 8.37. The van der Waals surface area contributed by atoms with Gasteiger partial charge in [-0.1, -0.05) is 13.0 Å². The largest absolute Gasteiger partial charge is 0.472 e. The van der Waals surface area contributed by atoms with E-state index in [-0.39, 0.29) is 11.9 Å². The first kappa shape index (κ1) is 17.5. The molecule has 0 radical (unpaired) electrons. The molecular weight excluding hydrogens is 364 g/mol. The van der Waals surface area contributed by atoms with Gasteiger partial charge in [0.1, 0.15) is 17.6 Å². The second kappa shape index (κ2) is 5.72. The fourth-order valence-electron chi connectivity index (χ4n) is 6.15. The third-order valence-corrected chi connectivity index (χ3v) is 7.44. The molecule has 4 aliphatic rings. The van der Waals surface area contributed by atoms with Crippen LogP contribution in [0.2, 0.25) is 0 Å². The summed E-state index contributed by atoms with van der Waals surface area (Å²) in [6.07, 6.45) is 5.98. The molecule has 0 aromatic carbocycles. The molecule has 28 heavy (non-hydrogen) atoms.